The van der Waals surface area contributed by atoms with Gasteiger partial charge >= 0.3 is 0 Å². The van der Waals surface area contributed by atoms with Gasteiger partial charge in [0.2, 0.25) is 0 Å². The summed E-state index contributed by atoms with van der Waals surface area (Å²) < 4.78 is 0. The maximum absolute atomic E-state index is 5.67. The number of benzene rings is 1. The Morgan fingerprint density at radius 3 is 2.53 bits per heavy atom. The van der Waals surface area contributed by atoms with Gasteiger partial charge in [-0.05, 0) is 35.7 Å². The zero-order chi connectivity index (χ0) is 11.7. The van der Waals surface area contributed by atoms with E-state index in [1.807, 2.05) is 30.3 Å². The van der Waals surface area contributed by atoms with Crippen LogP contribution in [0.2, 0.25) is 0 Å². The first kappa shape index (κ1) is 10.5. The van der Waals surface area contributed by atoms with E-state index < -0.39 is 0 Å². The van der Waals surface area contributed by atoms with Gasteiger partial charge in [-0.25, -0.2) is 4.98 Å². The summed E-state index contributed by atoms with van der Waals surface area (Å²) in [6.07, 6.45) is 0. The molecule has 0 atom stereocenters. The molecule has 0 saturated carbocycles. The molecule has 0 aliphatic carbocycles. The fourth-order valence-electron chi connectivity index (χ4n) is 1.57. The molecule has 0 spiro atoms. The number of thiazole rings is 1. The molecule has 0 saturated heterocycles. The van der Waals surface area contributed by atoms with Gasteiger partial charge in [0, 0.05) is 16.6 Å². The molecule has 0 bridgehead atoms. The third kappa shape index (κ3) is 2.09. The molecule has 0 aliphatic heterocycles. The number of rotatable bonds is 2. The standard InChI is InChI=1S/C13H10N2S2/c14-10-5-3-9(4-6-10)13-15-11(8-17-13)12-2-1-7-16-12/h1-8H,14H2. The fraction of sp³-hybridized carbons (Fsp3) is 0. The molecule has 0 unspecified atom stereocenters. The Morgan fingerprint density at radius 2 is 1.82 bits per heavy atom. The number of hydrogen-bond donors (Lipinski definition) is 1. The van der Waals surface area contributed by atoms with Crippen LogP contribution >= 0.6 is 22.7 Å². The number of hydrogen-bond acceptors (Lipinski definition) is 4. The first-order chi connectivity index (χ1) is 8.33. The maximum atomic E-state index is 5.67. The Labute approximate surface area is 107 Å². The highest BCUT2D eigenvalue weighted by Crippen LogP contribution is 2.31. The molecular formula is C13H10N2S2. The molecule has 3 rings (SSSR count). The maximum Gasteiger partial charge on any atom is 0.124 e. The largest absolute Gasteiger partial charge is 0.399 e. The van der Waals surface area contributed by atoms with Gasteiger partial charge in [0.15, 0.2) is 0 Å². The van der Waals surface area contributed by atoms with Crippen LogP contribution in [0.25, 0.3) is 21.1 Å². The Kier molecular flexibility index (Phi) is 2.66. The van der Waals surface area contributed by atoms with Crippen molar-refractivity contribution in [1.29, 1.82) is 0 Å². The molecule has 2 heterocycles. The van der Waals surface area contributed by atoms with E-state index >= 15 is 0 Å². The van der Waals surface area contributed by atoms with E-state index in [-0.39, 0.29) is 0 Å². The SMILES string of the molecule is Nc1ccc(-c2nc(-c3cccs3)cs2)cc1. The molecular weight excluding hydrogens is 248 g/mol. The lowest BCUT2D eigenvalue weighted by Crippen LogP contribution is -1.83. The second-order valence-corrected chi connectivity index (χ2v) is 5.44. The molecule has 1 aromatic carbocycles. The van der Waals surface area contributed by atoms with E-state index in [9.17, 15) is 0 Å². The number of nitrogens with zero attached hydrogens (tertiary/aromatic N) is 1. The number of nitrogens with two attached hydrogens (primary N) is 1. The van der Waals surface area contributed by atoms with Crippen molar-refractivity contribution in [3.63, 3.8) is 0 Å². The van der Waals surface area contributed by atoms with E-state index in [0.29, 0.717) is 0 Å². The summed E-state index contributed by atoms with van der Waals surface area (Å²) in [4.78, 5) is 5.85. The van der Waals surface area contributed by atoms with Gasteiger partial charge in [-0.3, -0.25) is 0 Å². The van der Waals surface area contributed by atoms with Gasteiger partial charge in [0.25, 0.3) is 0 Å². The van der Waals surface area contributed by atoms with E-state index in [1.54, 1.807) is 22.7 Å². The molecule has 17 heavy (non-hydrogen) atoms. The molecule has 4 heteroatoms. The van der Waals surface area contributed by atoms with Crippen molar-refractivity contribution in [1.82, 2.24) is 4.98 Å². The van der Waals surface area contributed by atoms with Crippen LogP contribution in [0.3, 0.4) is 0 Å². The van der Waals surface area contributed by atoms with E-state index in [1.165, 1.54) is 4.88 Å². The smallest absolute Gasteiger partial charge is 0.124 e. The van der Waals surface area contributed by atoms with Crippen molar-refractivity contribution >= 4 is 28.4 Å². The molecule has 0 amide bonds. The topological polar surface area (TPSA) is 38.9 Å². The molecule has 84 valence electrons. The molecule has 2 aromatic heterocycles. The zero-order valence-corrected chi connectivity index (χ0v) is 10.6. The Morgan fingerprint density at radius 1 is 1.00 bits per heavy atom. The van der Waals surface area contributed by atoms with Crippen molar-refractivity contribution in [3.05, 3.63) is 47.2 Å². The summed E-state index contributed by atoms with van der Waals surface area (Å²) in [6, 6.07) is 12.0. The van der Waals surface area contributed by atoms with Gasteiger partial charge in [0.05, 0.1) is 10.6 Å². The van der Waals surface area contributed by atoms with Crippen molar-refractivity contribution in [2.75, 3.05) is 5.73 Å². The van der Waals surface area contributed by atoms with E-state index in [4.69, 9.17) is 5.73 Å². The average Bonchev–Trinajstić information content (AvgIpc) is 3.00. The lowest BCUT2D eigenvalue weighted by Gasteiger charge is -1.96. The van der Waals surface area contributed by atoms with Gasteiger partial charge in [-0.2, -0.15) is 0 Å². The summed E-state index contributed by atoms with van der Waals surface area (Å²) in [7, 11) is 0. The monoisotopic (exact) mass is 258 g/mol. The summed E-state index contributed by atoms with van der Waals surface area (Å²) in [5.74, 6) is 0. The van der Waals surface area contributed by atoms with Crippen molar-refractivity contribution < 1.29 is 0 Å². The van der Waals surface area contributed by atoms with Crippen LogP contribution in [-0.2, 0) is 0 Å². The van der Waals surface area contributed by atoms with Gasteiger partial charge in [-0.15, -0.1) is 22.7 Å². The highest BCUT2D eigenvalue weighted by atomic mass is 32.1. The number of aromatic nitrogens is 1. The Hall–Kier alpha value is -1.65. The van der Waals surface area contributed by atoms with Gasteiger partial charge in [0.1, 0.15) is 5.01 Å². The van der Waals surface area contributed by atoms with Crippen LogP contribution < -0.4 is 5.73 Å². The van der Waals surface area contributed by atoms with Crippen LogP contribution in [0, 0.1) is 0 Å². The molecule has 0 fully saturated rings. The minimum absolute atomic E-state index is 0.781. The second-order valence-electron chi connectivity index (χ2n) is 3.64. The van der Waals surface area contributed by atoms with Crippen LogP contribution in [0.1, 0.15) is 0 Å². The number of anilines is 1. The minimum Gasteiger partial charge on any atom is -0.399 e. The fourth-order valence-corrected chi connectivity index (χ4v) is 3.16. The normalized spacial score (nSPS) is 10.6. The van der Waals surface area contributed by atoms with Crippen LogP contribution in [0.4, 0.5) is 5.69 Å². The molecule has 0 aliphatic rings. The lowest BCUT2D eigenvalue weighted by molar-refractivity contribution is 1.42. The third-order valence-electron chi connectivity index (χ3n) is 2.44. The van der Waals surface area contributed by atoms with Crippen LogP contribution in [0.5, 0.6) is 0 Å². The van der Waals surface area contributed by atoms with E-state index in [2.05, 4.69) is 21.8 Å². The third-order valence-corrected chi connectivity index (χ3v) is 4.22. The molecule has 3 aromatic rings. The predicted octanol–water partition coefficient (Wildman–Crippen LogP) is 4.12. The predicted molar refractivity (Wildman–Crippen MR) is 75.3 cm³/mol. The first-order valence-corrected chi connectivity index (χ1v) is 6.94. The van der Waals surface area contributed by atoms with E-state index in [0.717, 1.165) is 22.0 Å². The average molecular weight is 258 g/mol. The van der Waals surface area contributed by atoms with Crippen molar-refractivity contribution in [2.24, 2.45) is 0 Å². The highest BCUT2D eigenvalue weighted by molar-refractivity contribution is 7.15. The minimum atomic E-state index is 0.781. The molecule has 2 nitrogen and oxygen atoms in total. The van der Waals surface area contributed by atoms with Crippen LogP contribution in [-0.4, -0.2) is 4.98 Å². The van der Waals surface area contributed by atoms with Gasteiger partial charge in [-0.1, -0.05) is 6.07 Å². The zero-order valence-electron chi connectivity index (χ0n) is 8.96. The Bertz CT molecular complexity index is 609. The molecule has 0 radical (unpaired) electrons. The van der Waals surface area contributed by atoms with Crippen molar-refractivity contribution in [3.8, 4) is 21.1 Å². The first-order valence-electron chi connectivity index (χ1n) is 5.18. The van der Waals surface area contributed by atoms with Crippen LogP contribution in [0.15, 0.2) is 47.2 Å². The quantitative estimate of drug-likeness (QED) is 0.702. The number of nitrogen functional groups attached to an aromatic ring is 1. The Balaban J connectivity index is 1.98. The lowest BCUT2D eigenvalue weighted by atomic mass is 10.2. The molecule has 2 N–H and O–H groups in total. The number of thiophene rings is 1. The van der Waals surface area contributed by atoms with Crippen molar-refractivity contribution in [2.45, 2.75) is 0 Å². The summed E-state index contributed by atoms with van der Waals surface area (Å²) in [6.45, 7) is 0. The highest BCUT2D eigenvalue weighted by Gasteiger charge is 2.06. The summed E-state index contributed by atoms with van der Waals surface area (Å²) in [5, 5.41) is 5.20. The summed E-state index contributed by atoms with van der Waals surface area (Å²) in [5.41, 5.74) is 8.62. The van der Waals surface area contributed by atoms with Gasteiger partial charge < -0.3 is 5.73 Å². The summed E-state index contributed by atoms with van der Waals surface area (Å²) >= 11 is 3.37. The second kappa shape index (κ2) is 4.31.